The van der Waals surface area contributed by atoms with Crippen LogP contribution in [-0.4, -0.2) is 87.5 Å². The van der Waals surface area contributed by atoms with Gasteiger partial charge in [-0.05, 0) is 58.2 Å². The molecule has 1 saturated carbocycles. The van der Waals surface area contributed by atoms with Gasteiger partial charge in [-0.2, -0.15) is 0 Å². The summed E-state index contributed by atoms with van der Waals surface area (Å²) in [4.78, 5) is 43.1. The number of phenols is 1. The van der Waals surface area contributed by atoms with Crippen LogP contribution in [0.2, 0.25) is 0 Å². The number of hydrogen-bond donors (Lipinski definition) is 5. The second-order valence-electron chi connectivity index (χ2n) is 11.2. The lowest BCUT2D eigenvalue weighted by atomic mass is 9.46. The third-order valence-electron chi connectivity index (χ3n) is 8.10. The third-order valence-corrected chi connectivity index (χ3v) is 8.10. The van der Waals surface area contributed by atoms with E-state index in [0.717, 1.165) is 5.56 Å². The van der Waals surface area contributed by atoms with Gasteiger partial charge in [-0.15, -0.1) is 0 Å². The Bertz CT molecular complexity index is 1280. The lowest BCUT2D eigenvalue weighted by Crippen LogP contribution is -2.72. The van der Waals surface area contributed by atoms with E-state index in [1.807, 2.05) is 19.0 Å². The number of primary amides is 1. The van der Waals surface area contributed by atoms with E-state index in [1.165, 1.54) is 17.9 Å². The maximum absolute atomic E-state index is 14.1. The summed E-state index contributed by atoms with van der Waals surface area (Å²) in [7, 11) is 6.93. The number of carbonyl (C=O) groups excluding carboxylic acids is 3. The fraction of sp³-hybridized carbons (Fsp3) is 0.500. The molecule has 1 aromatic rings. The first-order valence-corrected chi connectivity index (χ1v) is 11.7. The maximum atomic E-state index is 14.1. The zero-order chi connectivity index (χ0) is 27.1. The minimum absolute atomic E-state index is 0.00280. The molecule has 6 N–H and O–H groups in total. The molecule has 10 heteroatoms. The number of aliphatic hydroxyl groups is 3. The van der Waals surface area contributed by atoms with Crippen LogP contribution < -0.4 is 5.73 Å². The van der Waals surface area contributed by atoms with Crippen molar-refractivity contribution in [3.63, 3.8) is 0 Å². The first-order valence-electron chi connectivity index (χ1n) is 11.7. The molecule has 36 heavy (non-hydrogen) atoms. The van der Waals surface area contributed by atoms with Crippen molar-refractivity contribution in [2.75, 3.05) is 28.2 Å². The van der Waals surface area contributed by atoms with Crippen LogP contribution in [0.25, 0.3) is 5.76 Å². The Balaban J connectivity index is 2.07. The van der Waals surface area contributed by atoms with Crippen molar-refractivity contribution >= 4 is 23.2 Å². The number of phenolic OH excluding ortho intramolecular Hbond substituents is 1. The SMILES string of the molecule is CN(C)Cc1ccc(O)c2c1C[C@@]1(C)C[C@@]3(C)[C@H](N(C)C)C(=O)C(C(N)=O)=C(O)[C@@]3(O)C(=O)C1=C2O. The number of fused-ring (bicyclic) bond motifs is 3. The molecule has 4 atom stereocenters. The summed E-state index contributed by atoms with van der Waals surface area (Å²) < 4.78 is 0. The molecule has 1 aromatic carbocycles. The molecule has 0 saturated heterocycles. The number of rotatable bonds is 4. The Labute approximate surface area is 209 Å². The van der Waals surface area contributed by atoms with Gasteiger partial charge in [-0.3, -0.25) is 19.3 Å². The van der Waals surface area contributed by atoms with E-state index in [9.17, 15) is 34.8 Å². The summed E-state index contributed by atoms with van der Waals surface area (Å²) in [6.07, 6.45) is 0.237. The van der Waals surface area contributed by atoms with E-state index < -0.39 is 57.0 Å². The molecule has 0 radical (unpaired) electrons. The highest BCUT2D eigenvalue weighted by atomic mass is 16.3. The molecule has 0 bridgehead atoms. The number of amides is 1. The minimum Gasteiger partial charge on any atom is -0.508 e. The van der Waals surface area contributed by atoms with Gasteiger partial charge in [-0.1, -0.05) is 19.9 Å². The number of nitrogens with two attached hydrogens (primary N) is 1. The molecule has 1 fully saturated rings. The zero-order valence-corrected chi connectivity index (χ0v) is 21.3. The van der Waals surface area contributed by atoms with E-state index in [4.69, 9.17) is 5.73 Å². The Morgan fingerprint density at radius 3 is 2.25 bits per heavy atom. The minimum atomic E-state index is -2.71. The highest BCUT2D eigenvalue weighted by Crippen LogP contribution is 2.63. The predicted molar refractivity (Wildman–Crippen MR) is 131 cm³/mol. The van der Waals surface area contributed by atoms with Gasteiger partial charge >= 0.3 is 0 Å². The Kier molecular flexibility index (Phi) is 5.67. The van der Waals surface area contributed by atoms with Crippen molar-refractivity contribution in [3.05, 3.63) is 45.7 Å². The maximum Gasteiger partial charge on any atom is 0.255 e. The van der Waals surface area contributed by atoms with Gasteiger partial charge < -0.3 is 31.1 Å². The molecule has 3 aliphatic carbocycles. The Hall–Kier alpha value is -3.21. The number of nitrogens with zero attached hydrogens (tertiary/aromatic N) is 2. The second-order valence-corrected chi connectivity index (χ2v) is 11.2. The van der Waals surface area contributed by atoms with Crippen molar-refractivity contribution < 1.29 is 34.8 Å². The van der Waals surface area contributed by atoms with Gasteiger partial charge in [0, 0.05) is 22.9 Å². The lowest BCUT2D eigenvalue weighted by molar-refractivity contribution is -0.176. The van der Waals surface area contributed by atoms with E-state index >= 15 is 0 Å². The van der Waals surface area contributed by atoms with Gasteiger partial charge in [0.15, 0.2) is 11.4 Å². The van der Waals surface area contributed by atoms with Gasteiger partial charge in [0.25, 0.3) is 5.91 Å². The smallest absolute Gasteiger partial charge is 0.255 e. The van der Waals surface area contributed by atoms with Crippen LogP contribution in [0.5, 0.6) is 5.75 Å². The number of ketones is 2. The molecule has 10 nitrogen and oxygen atoms in total. The molecule has 1 amide bonds. The van der Waals surface area contributed by atoms with Crippen LogP contribution in [0.4, 0.5) is 0 Å². The number of hydrogen-bond acceptors (Lipinski definition) is 9. The molecule has 0 unspecified atom stereocenters. The quantitative estimate of drug-likeness (QED) is 0.377. The number of likely N-dealkylation sites (N-methyl/N-ethyl adjacent to an activating group) is 1. The molecule has 4 rings (SSSR count). The first kappa shape index (κ1) is 25.9. The van der Waals surface area contributed by atoms with Crippen LogP contribution >= 0.6 is 0 Å². The first-order chi connectivity index (χ1) is 16.5. The molecule has 0 heterocycles. The van der Waals surface area contributed by atoms with Crippen molar-refractivity contribution in [2.24, 2.45) is 16.6 Å². The van der Waals surface area contributed by atoms with E-state index in [1.54, 1.807) is 27.1 Å². The summed E-state index contributed by atoms with van der Waals surface area (Å²) in [6.45, 7) is 3.80. The summed E-state index contributed by atoms with van der Waals surface area (Å²) in [5, 5.41) is 45.1. The molecular weight excluding hydrogens is 466 g/mol. The Morgan fingerprint density at radius 1 is 1.11 bits per heavy atom. The number of Topliss-reactive ketones (excluding diaryl/α,β-unsaturated/α-hetero) is 2. The fourth-order valence-electron chi connectivity index (χ4n) is 6.87. The number of aromatic hydroxyl groups is 1. The van der Waals surface area contributed by atoms with Crippen molar-refractivity contribution in [1.82, 2.24) is 9.80 Å². The van der Waals surface area contributed by atoms with Crippen molar-refractivity contribution in [1.29, 1.82) is 0 Å². The van der Waals surface area contributed by atoms with E-state index in [-0.39, 0.29) is 29.7 Å². The molecule has 0 aliphatic heterocycles. The van der Waals surface area contributed by atoms with Gasteiger partial charge in [-0.25, -0.2) is 0 Å². The van der Waals surface area contributed by atoms with Crippen LogP contribution in [0.1, 0.15) is 37.0 Å². The summed E-state index contributed by atoms with van der Waals surface area (Å²) >= 11 is 0. The fourth-order valence-corrected chi connectivity index (χ4v) is 6.87. The van der Waals surface area contributed by atoms with Crippen LogP contribution in [0.3, 0.4) is 0 Å². The zero-order valence-electron chi connectivity index (χ0n) is 21.3. The molecule has 3 aliphatic rings. The van der Waals surface area contributed by atoms with Crippen molar-refractivity contribution in [3.8, 4) is 5.75 Å². The average molecular weight is 500 g/mol. The van der Waals surface area contributed by atoms with Crippen LogP contribution in [-0.2, 0) is 27.3 Å². The number of carbonyl (C=O) groups is 3. The molecular formula is C26H33N3O7. The van der Waals surface area contributed by atoms with Gasteiger partial charge in [0.2, 0.25) is 5.78 Å². The van der Waals surface area contributed by atoms with Crippen LogP contribution in [0.15, 0.2) is 29.0 Å². The molecule has 0 spiro atoms. The van der Waals surface area contributed by atoms with Crippen molar-refractivity contribution in [2.45, 2.75) is 44.9 Å². The second kappa shape index (κ2) is 7.89. The average Bonchev–Trinajstić information content (AvgIpc) is 2.72. The van der Waals surface area contributed by atoms with Gasteiger partial charge in [0.05, 0.1) is 11.6 Å². The molecule has 194 valence electrons. The topological polar surface area (TPSA) is 165 Å². The summed E-state index contributed by atoms with van der Waals surface area (Å²) in [6, 6.07) is 2.03. The van der Waals surface area contributed by atoms with E-state index in [2.05, 4.69) is 0 Å². The van der Waals surface area contributed by atoms with E-state index in [0.29, 0.717) is 12.1 Å². The Morgan fingerprint density at radius 2 is 1.72 bits per heavy atom. The number of aliphatic hydroxyl groups excluding tert-OH is 2. The highest BCUT2D eigenvalue weighted by Gasteiger charge is 2.72. The lowest BCUT2D eigenvalue weighted by Gasteiger charge is -2.59. The standard InChI is InChI=1S/C26H33N3O7/c1-24-9-13-12(10-28(3)4)7-8-14(30)15(13)18(31)17(24)22(34)26(36)21(33)16(23(27)35)19(32)20(29(5)6)25(26,2)11-24/h7-8,20,30-31,33,36H,9-11H2,1-6H3,(H2,27,35)/t20-,24+,25+,26-/m1/s1. The normalized spacial score (nSPS) is 32.1. The number of benzene rings is 1. The summed E-state index contributed by atoms with van der Waals surface area (Å²) in [5.41, 5.74) is 0.627. The monoisotopic (exact) mass is 499 g/mol. The van der Waals surface area contributed by atoms with Crippen LogP contribution in [0, 0.1) is 10.8 Å². The largest absolute Gasteiger partial charge is 0.508 e. The predicted octanol–water partition coefficient (Wildman–Crippen LogP) is 0.806. The molecule has 0 aromatic heterocycles. The summed E-state index contributed by atoms with van der Waals surface area (Å²) in [5.74, 6) is -4.91. The highest BCUT2D eigenvalue weighted by molar-refractivity contribution is 6.25. The third kappa shape index (κ3) is 3.11. The van der Waals surface area contributed by atoms with Gasteiger partial charge in [0.1, 0.15) is 22.8 Å².